The average molecular weight is 335 g/mol. The van der Waals surface area contributed by atoms with Crippen LogP contribution in [0, 0.1) is 0 Å². The standard InChI is InChI=1S/C16H21N3O3S/c20-12-6-2-1-5-11(12)17-14(21)8-3-9-15-18-16(19-22-15)13-7-4-10-23-13/h4,7,10-12,20H,1-3,5-6,8-9H2,(H,17,21). The summed E-state index contributed by atoms with van der Waals surface area (Å²) >= 11 is 1.56. The van der Waals surface area contributed by atoms with Crippen molar-refractivity contribution in [3.63, 3.8) is 0 Å². The van der Waals surface area contributed by atoms with Crippen molar-refractivity contribution in [1.82, 2.24) is 15.5 Å². The van der Waals surface area contributed by atoms with Gasteiger partial charge in [-0.3, -0.25) is 4.79 Å². The van der Waals surface area contributed by atoms with E-state index < -0.39 is 6.10 Å². The van der Waals surface area contributed by atoms with E-state index in [0.29, 0.717) is 31.0 Å². The third-order valence-corrected chi connectivity index (χ3v) is 4.95. The Labute approximate surface area is 138 Å². The lowest BCUT2D eigenvalue weighted by Crippen LogP contribution is -2.45. The molecule has 0 bridgehead atoms. The third-order valence-electron chi connectivity index (χ3n) is 4.08. The van der Waals surface area contributed by atoms with Gasteiger partial charge in [-0.1, -0.05) is 24.1 Å². The Balaban J connectivity index is 1.41. The van der Waals surface area contributed by atoms with Crippen LogP contribution in [0.2, 0.25) is 0 Å². The number of rotatable bonds is 6. The van der Waals surface area contributed by atoms with Crippen LogP contribution in [0.5, 0.6) is 0 Å². The van der Waals surface area contributed by atoms with Gasteiger partial charge in [0.1, 0.15) is 0 Å². The molecule has 23 heavy (non-hydrogen) atoms. The molecule has 0 spiro atoms. The fourth-order valence-corrected chi connectivity index (χ4v) is 3.47. The fourth-order valence-electron chi connectivity index (χ4n) is 2.82. The second kappa shape index (κ2) is 7.70. The molecule has 1 saturated carbocycles. The first-order chi connectivity index (χ1) is 11.2. The molecule has 1 aliphatic rings. The van der Waals surface area contributed by atoms with Crippen LogP contribution in [0.3, 0.4) is 0 Å². The normalized spacial score (nSPS) is 21.3. The Bertz CT molecular complexity index is 626. The molecule has 3 rings (SSSR count). The average Bonchev–Trinajstić information content (AvgIpc) is 3.20. The summed E-state index contributed by atoms with van der Waals surface area (Å²) in [5.41, 5.74) is 0. The van der Waals surface area contributed by atoms with Gasteiger partial charge in [0, 0.05) is 12.8 Å². The second-order valence-electron chi connectivity index (χ2n) is 5.87. The fraction of sp³-hybridized carbons (Fsp3) is 0.562. The number of carbonyl (C=O) groups excluding carboxylic acids is 1. The quantitative estimate of drug-likeness (QED) is 0.847. The molecule has 2 unspecified atom stereocenters. The minimum atomic E-state index is -0.406. The molecule has 2 heterocycles. The summed E-state index contributed by atoms with van der Waals surface area (Å²) < 4.78 is 5.21. The smallest absolute Gasteiger partial charge is 0.226 e. The summed E-state index contributed by atoms with van der Waals surface area (Å²) in [6.45, 7) is 0. The zero-order valence-electron chi connectivity index (χ0n) is 12.9. The zero-order chi connectivity index (χ0) is 16.1. The first kappa shape index (κ1) is 16.1. The molecule has 1 fully saturated rings. The van der Waals surface area contributed by atoms with Crippen LogP contribution >= 0.6 is 11.3 Å². The maximum Gasteiger partial charge on any atom is 0.226 e. The van der Waals surface area contributed by atoms with Crippen LogP contribution in [0.25, 0.3) is 10.7 Å². The van der Waals surface area contributed by atoms with Crippen LogP contribution in [0.15, 0.2) is 22.0 Å². The van der Waals surface area contributed by atoms with Crippen molar-refractivity contribution >= 4 is 17.2 Å². The summed E-state index contributed by atoms with van der Waals surface area (Å²) in [5, 5.41) is 18.7. The summed E-state index contributed by atoms with van der Waals surface area (Å²) in [6, 6.07) is 3.80. The summed E-state index contributed by atoms with van der Waals surface area (Å²) in [6.07, 6.45) is 4.97. The predicted molar refractivity (Wildman–Crippen MR) is 87.0 cm³/mol. The highest BCUT2D eigenvalue weighted by molar-refractivity contribution is 7.13. The molecule has 0 aliphatic heterocycles. The SMILES string of the molecule is O=C(CCCc1nc(-c2cccs2)no1)NC1CCCCC1O. The Kier molecular flexibility index (Phi) is 5.40. The Morgan fingerprint density at radius 2 is 2.30 bits per heavy atom. The van der Waals surface area contributed by atoms with Gasteiger partial charge in [0.05, 0.1) is 17.0 Å². The number of thiophene rings is 1. The molecular formula is C16H21N3O3S. The number of nitrogens with zero attached hydrogens (tertiary/aromatic N) is 2. The number of aromatic nitrogens is 2. The van der Waals surface area contributed by atoms with Crippen LogP contribution in [-0.4, -0.2) is 33.3 Å². The van der Waals surface area contributed by atoms with Gasteiger partial charge in [0.2, 0.25) is 17.6 Å². The maximum atomic E-state index is 12.0. The van der Waals surface area contributed by atoms with Crippen molar-refractivity contribution in [2.75, 3.05) is 0 Å². The van der Waals surface area contributed by atoms with E-state index in [1.54, 1.807) is 11.3 Å². The molecule has 2 atom stereocenters. The van der Waals surface area contributed by atoms with Gasteiger partial charge in [0.25, 0.3) is 0 Å². The highest BCUT2D eigenvalue weighted by Crippen LogP contribution is 2.22. The molecule has 6 nitrogen and oxygen atoms in total. The molecule has 0 saturated heterocycles. The molecule has 7 heteroatoms. The van der Waals surface area contributed by atoms with Crippen LogP contribution in [-0.2, 0) is 11.2 Å². The van der Waals surface area contributed by atoms with Crippen molar-refractivity contribution in [3.8, 4) is 10.7 Å². The summed E-state index contributed by atoms with van der Waals surface area (Å²) in [5.74, 6) is 1.14. The minimum absolute atomic E-state index is 0.0195. The van der Waals surface area contributed by atoms with E-state index >= 15 is 0 Å². The topological polar surface area (TPSA) is 88.2 Å². The van der Waals surface area contributed by atoms with Gasteiger partial charge in [-0.2, -0.15) is 4.98 Å². The van der Waals surface area contributed by atoms with E-state index in [0.717, 1.165) is 30.6 Å². The molecule has 124 valence electrons. The Hall–Kier alpha value is -1.73. The van der Waals surface area contributed by atoms with E-state index in [1.165, 1.54) is 0 Å². The van der Waals surface area contributed by atoms with Gasteiger partial charge < -0.3 is 14.9 Å². The zero-order valence-corrected chi connectivity index (χ0v) is 13.7. The number of aliphatic hydroxyl groups is 1. The Morgan fingerprint density at radius 1 is 1.43 bits per heavy atom. The molecule has 2 N–H and O–H groups in total. The first-order valence-corrected chi connectivity index (χ1v) is 8.94. The number of aliphatic hydroxyl groups excluding tert-OH is 1. The second-order valence-corrected chi connectivity index (χ2v) is 6.82. The lowest BCUT2D eigenvalue weighted by atomic mass is 9.92. The highest BCUT2D eigenvalue weighted by atomic mass is 32.1. The molecule has 0 aromatic carbocycles. The van der Waals surface area contributed by atoms with Gasteiger partial charge in [-0.25, -0.2) is 0 Å². The number of nitrogens with one attached hydrogen (secondary N) is 1. The molecule has 0 radical (unpaired) electrons. The number of hydrogen-bond donors (Lipinski definition) is 2. The predicted octanol–water partition coefficient (Wildman–Crippen LogP) is 2.54. The van der Waals surface area contributed by atoms with E-state index in [-0.39, 0.29) is 11.9 Å². The molecule has 2 aromatic rings. The van der Waals surface area contributed by atoms with Crippen LogP contribution in [0.1, 0.15) is 44.4 Å². The number of hydrogen-bond acceptors (Lipinski definition) is 6. The summed E-state index contributed by atoms with van der Waals surface area (Å²) in [7, 11) is 0. The lowest BCUT2D eigenvalue weighted by molar-refractivity contribution is -0.123. The monoisotopic (exact) mass is 335 g/mol. The third kappa shape index (κ3) is 4.39. The van der Waals surface area contributed by atoms with Crippen molar-refractivity contribution in [1.29, 1.82) is 0 Å². The molecular weight excluding hydrogens is 314 g/mol. The van der Waals surface area contributed by atoms with E-state index in [9.17, 15) is 9.90 Å². The van der Waals surface area contributed by atoms with Gasteiger partial charge >= 0.3 is 0 Å². The Morgan fingerprint density at radius 3 is 3.09 bits per heavy atom. The van der Waals surface area contributed by atoms with E-state index in [4.69, 9.17) is 4.52 Å². The van der Waals surface area contributed by atoms with Crippen LogP contribution in [0.4, 0.5) is 0 Å². The van der Waals surface area contributed by atoms with Crippen molar-refractivity contribution in [3.05, 3.63) is 23.4 Å². The van der Waals surface area contributed by atoms with E-state index in [2.05, 4.69) is 15.5 Å². The van der Waals surface area contributed by atoms with Crippen molar-refractivity contribution < 1.29 is 14.4 Å². The van der Waals surface area contributed by atoms with Crippen molar-refractivity contribution in [2.24, 2.45) is 0 Å². The van der Waals surface area contributed by atoms with E-state index in [1.807, 2.05) is 17.5 Å². The van der Waals surface area contributed by atoms with Gasteiger partial charge in [0.15, 0.2) is 0 Å². The maximum absolute atomic E-state index is 12.0. The largest absolute Gasteiger partial charge is 0.391 e. The van der Waals surface area contributed by atoms with Gasteiger partial charge in [-0.05, 0) is 30.7 Å². The number of carbonyl (C=O) groups is 1. The lowest BCUT2D eigenvalue weighted by Gasteiger charge is -2.28. The molecule has 1 aliphatic carbocycles. The first-order valence-electron chi connectivity index (χ1n) is 8.06. The molecule has 1 amide bonds. The van der Waals surface area contributed by atoms with Gasteiger partial charge in [-0.15, -0.1) is 11.3 Å². The van der Waals surface area contributed by atoms with Crippen molar-refractivity contribution in [2.45, 2.75) is 57.1 Å². The van der Waals surface area contributed by atoms with Crippen LogP contribution < -0.4 is 5.32 Å². The highest BCUT2D eigenvalue weighted by Gasteiger charge is 2.24. The summed E-state index contributed by atoms with van der Waals surface area (Å²) in [4.78, 5) is 17.3. The number of amides is 1. The minimum Gasteiger partial charge on any atom is -0.391 e. The number of aryl methyl sites for hydroxylation is 1. The molecule has 2 aromatic heterocycles.